The summed E-state index contributed by atoms with van der Waals surface area (Å²) in [6.45, 7) is 4.08. The molecule has 1 aliphatic heterocycles. The van der Waals surface area contributed by atoms with Crippen molar-refractivity contribution in [1.29, 1.82) is 0 Å². The number of ether oxygens (including phenoxy) is 3. The van der Waals surface area contributed by atoms with Crippen LogP contribution in [0, 0.1) is 0 Å². The molecule has 1 amide bonds. The van der Waals surface area contributed by atoms with E-state index >= 15 is 0 Å². The highest BCUT2D eigenvalue weighted by Crippen LogP contribution is 2.32. The number of nitrogens with zero attached hydrogens (tertiary/aromatic N) is 3. The highest BCUT2D eigenvalue weighted by atomic mass is 35.5. The molecule has 10 heteroatoms. The summed E-state index contributed by atoms with van der Waals surface area (Å²) in [5, 5.41) is 13.0. The molecule has 0 fully saturated rings. The summed E-state index contributed by atoms with van der Waals surface area (Å²) in [5.41, 5.74) is 1.84. The SMILES string of the molecule is COCCn1c(SCC(=O)N[C@H](C)c2ccc3c(c2)OCCO3)nnc1-c1ccc(Cl)cc1. The van der Waals surface area contributed by atoms with Crippen LogP contribution in [0.4, 0.5) is 0 Å². The third-order valence-corrected chi connectivity index (χ3v) is 6.33. The lowest BCUT2D eigenvalue weighted by atomic mass is 10.1. The maximum atomic E-state index is 12.6. The molecule has 2 heterocycles. The fourth-order valence-electron chi connectivity index (χ4n) is 3.42. The predicted octanol–water partition coefficient (Wildman–Crippen LogP) is 3.99. The molecule has 0 bridgehead atoms. The minimum Gasteiger partial charge on any atom is -0.486 e. The van der Waals surface area contributed by atoms with Gasteiger partial charge in [0.1, 0.15) is 13.2 Å². The lowest BCUT2D eigenvalue weighted by Gasteiger charge is -2.21. The number of carbonyl (C=O) groups is 1. The first-order chi connectivity index (χ1) is 16.0. The summed E-state index contributed by atoms with van der Waals surface area (Å²) in [7, 11) is 1.64. The van der Waals surface area contributed by atoms with Crippen molar-refractivity contribution in [3.63, 3.8) is 0 Å². The van der Waals surface area contributed by atoms with E-state index in [-0.39, 0.29) is 17.7 Å². The van der Waals surface area contributed by atoms with E-state index in [1.165, 1.54) is 11.8 Å². The van der Waals surface area contributed by atoms with Gasteiger partial charge in [-0.1, -0.05) is 29.4 Å². The highest BCUT2D eigenvalue weighted by molar-refractivity contribution is 7.99. The summed E-state index contributed by atoms with van der Waals surface area (Å²) < 4.78 is 18.4. The third-order valence-electron chi connectivity index (χ3n) is 5.11. The van der Waals surface area contributed by atoms with Gasteiger partial charge in [0.25, 0.3) is 0 Å². The molecule has 1 atom stereocenters. The molecule has 0 spiro atoms. The van der Waals surface area contributed by atoms with Crippen molar-refractivity contribution in [3.05, 3.63) is 53.1 Å². The monoisotopic (exact) mass is 488 g/mol. The molecule has 1 aromatic heterocycles. The Morgan fingerprint density at radius 2 is 1.94 bits per heavy atom. The van der Waals surface area contributed by atoms with Crippen LogP contribution in [0.5, 0.6) is 11.5 Å². The number of hydrogen-bond acceptors (Lipinski definition) is 7. The van der Waals surface area contributed by atoms with Crippen LogP contribution >= 0.6 is 23.4 Å². The minimum absolute atomic E-state index is 0.100. The van der Waals surface area contributed by atoms with Gasteiger partial charge in [-0.15, -0.1) is 10.2 Å². The van der Waals surface area contributed by atoms with Gasteiger partial charge in [0.15, 0.2) is 22.5 Å². The van der Waals surface area contributed by atoms with Crippen LogP contribution < -0.4 is 14.8 Å². The second kappa shape index (κ2) is 10.9. The molecule has 0 unspecified atom stereocenters. The van der Waals surface area contributed by atoms with Crippen LogP contribution in [0.1, 0.15) is 18.5 Å². The topological polar surface area (TPSA) is 87.5 Å². The Labute approximate surface area is 201 Å². The van der Waals surface area contributed by atoms with E-state index in [9.17, 15) is 4.79 Å². The second-order valence-electron chi connectivity index (χ2n) is 7.44. The standard InChI is InChI=1S/C23H25ClN4O4S/c1-15(17-5-8-19-20(13-17)32-12-11-31-19)25-21(29)14-33-23-27-26-22(28(23)9-10-30-2)16-3-6-18(24)7-4-16/h3-8,13,15H,9-12,14H2,1-2H3,(H,25,29)/t15-/m1/s1. The van der Waals surface area contributed by atoms with Crippen molar-refractivity contribution < 1.29 is 19.0 Å². The lowest BCUT2D eigenvalue weighted by molar-refractivity contribution is -0.119. The van der Waals surface area contributed by atoms with Crippen LogP contribution in [0.3, 0.4) is 0 Å². The molecule has 33 heavy (non-hydrogen) atoms. The zero-order chi connectivity index (χ0) is 23.2. The van der Waals surface area contributed by atoms with E-state index < -0.39 is 0 Å². The number of benzene rings is 2. The number of amides is 1. The van der Waals surface area contributed by atoms with Gasteiger partial charge in [-0.3, -0.25) is 9.36 Å². The molecule has 1 N–H and O–H groups in total. The molecule has 4 rings (SSSR count). The smallest absolute Gasteiger partial charge is 0.230 e. The highest BCUT2D eigenvalue weighted by Gasteiger charge is 2.18. The van der Waals surface area contributed by atoms with Gasteiger partial charge in [-0.2, -0.15) is 0 Å². The molecule has 0 saturated heterocycles. The predicted molar refractivity (Wildman–Crippen MR) is 127 cm³/mol. The molecular weight excluding hydrogens is 464 g/mol. The number of nitrogens with one attached hydrogen (secondary N) is 1. The molecule has 1 aliphatic rings. The molecule has 2 aromatic carbocycles. The molecule has 3 aromatic rings. The summed E-state index contributed by atoms with van der Waals surface area (Å²) in [6, 6.07) is 13.0. The first-order valence-electron chi connectivity index (χ1n) is 10.5. The van der Waals surface area contributed by atoms with Crippen molar-refractivity contribution in [2.45, 2.75) is 24.7 Å². The average molecular weight is 489 g/mol. The number of hydrogen-bond donors (Lipinski definition) is 1. The van der Waals surface area contributed by atoms with Gasteiger partial charge in [0, 0.05) is 17.7 Å². The zero-order valence-electron chi connectivity index (χ0n) is 18.4. The van der Waals surface area contributed by atoms with Crippen molar-refractivity contribution in [3.8, 4) is 22.9 Å². The van der Waals surface area contributed by atoms with Crippen molar-refractivity contribution in [2.75, 3.05) is 32.7 Å². The van der Waals surface area contributed by atoms with E-state index in [4.69, 9.17) is 25.8 Å². The Morgan fingerprint density at radius 3 is 2.70 bits per heavy atom. The Hall–Kier alpha value is -2.75. The summed E-state index contributed by atoms with van der Waals surface area (Å²) in [4.78, 5) is 12.6. The average Bonchev–Trinajstić information content (AvgIpc) is 3.24. The fourth-order valence-corrected chi connectivity index (χ4v) is 4.32. The largest absolute Gasteiger partial charge is 0.486 e. The lowest BCUT2D eigenvalue weighted by Crippen LogP contribution is -2.28. The van der Waals surface area contributed by atoms with Crippen molar-refractivity contribution in [2.24, 2.45) is 0 Å². The minimum atomic E-state index is -0.176. The normalized spacial score (nSPS) is 13.5. The molecule has 0 saturated carbocycles. The van der Waals surface area contributed by atoms with E-state index in [1.54, 1.807) is 7.11 Å². The molecule has 8 nitrogen and oxygen atoms in total. The number of fused-ring (bicyclic) bond motifs is 1. The van der Waals surface area contributed by atoms with Crippen LogP contribution in [-0.4, -0.2) is 53.4 Å². The molecule has 0 aliphatic carbocycles. The van der Waals surface area contributed by atoms with Crippen molar-refractivity contribution in [1.82, 2.24) is 20.1 Å². The van der Waals surface area contributed by atoms with Crippen LogP contribution in [0.25, 0.3) is 11.4 Å². The number of methoxy groups -OCH3 is 1. The van der Waals surface area contributed by atoms with Crippen LogP contribution in [-0.2, 0) is 16.1 Å². The van der Waals surface area contributed by atoms with E-state index in [0.29, 0.717) is 48.1 Å². The molecular formula is C23H25ClN4O4S. The van der Waals surface area contributed by atoms with Gasteiger partial charge in [0.2, 0.25) is 5.91 Å². The van der Waals surface area contributed by atoms with Gasteiger partial charge in [0.05, 0.1) is 24.9 Å². The quantitative estimate of drug-likeness (QED) is 0.456. The summed E-state index contributed by atoms with van der Waals surface area (Å²) in [6.07, 6.45) is 0. The van der Waals surface area contributed by atoms with Gasteiger partial charge >= 0.3 is 0 Å². The van der Waals surface area contributed by atoms with Crippen LogP contribution in [0.15, 0.2) is 47.6 Å². The summed E-state index contributed by atoms with van der Waals surface area (Å²) in [5.74, 6) is 2.25. The third kappa shape index (κ3) is 5.79. The first kappa shape index (κ1) is 23.4. The van der Waals surface area contributed by atoms with Gasteiger partial charge in [-0.05, 0) is 48.9 Å². The zero-order valence-corrected chi connectivity index (χ0v) is 20.0. The maximum absolute atomic E-state index is 12.6. The fraction of sp³-hybridized carbons (Fsp3) is 0.348. The first-order valence-corrected chi connectivity index (χ1v) is 11.9. The van der Waals surface area contributed by atoms with Gasteiger partial charge in [-0.25, -0.2) is 0 Å². The Bertz CT molecular complexity index is 1110. The number of thioether (sulfide) groups is 1. The van der Waals surface area contributed by atoms with E-state index in [2.05, 4.69) is 15.5 Å². The number of rotatable bonds is 9. The second-order valence-corrected chi connectivity index (χ2v) is 8.82. The Balaban J connectivity index is 1.40. The Morgan fingerprint density at radius 1 is 1.18 bits per heavy atom. The summed E-state index contributed by atoms with van der Waals surface area (Å²) >= 11 is 7.34. The number of halogens is 1. The Kier molecular flexibility index (Phi) is 7.74. The van der Waals surface area contributed by atoms with Gasteiger partial charge < -0.3 is 19.5 Å². The van der Waals surface area contributed by atoms with E-state index in [1.807, 2.05) is 54.0 Å². The van der Waals surface area contributed by atoms with Crippen molar-refractivity contribution >= 4 is 29.3 Å². The number of carbonyl (C=O) groups excluding carboxylic acids is 1. The number of aromatic nitrogens is 3. The molecule has 0 radical (unpaired) electrons. The van der Waals surface area contributed by atoms with Crippen LogP contribution in [0.2, 0.25) is 5.02 Å². The maximum Gasteiger partial charge on any atom is 0.230 e. The van der Waals surface area contributed by atoms with E-state index in [0.717, 1.165) is 16.9 Å². The molecule has 174 valence electrons.